The number of allylic oxidation sites excluding steroid dienone is 6. The Morgan fingerprint density at radius 2 is 0.986 bits per heavy atom. The number of benzene rings is 9. The van der Waals surface area contributed by atoms with E-state index in [1.807, 2.05) is 30.3 Å². The van der Waals surface area contributed by atoms with Crippen LogP contribution in [-0.2, 0) is 5.41 Å². The van der Waals surface area contributed by atoms with E-state index in [-0.39, 0.29) is 6.04 Å². The maximum Gasteiger partial charge on any atom is 0.0714 e. The first kappa shape index (κ1) is 46.2. The van der Waals surface area contributed by atoms with Crippen LogP contribution in [0, 0.1) is 6.92 Å². The van der Waals surface area contributed by atoms with E-state index in [9.17, 15) is 0 Å². The SMILES string of the molecule is CC(C)=C/C=C\C1=C(C)C2(c3cc(-c4cccc(-c5ccc(/C(N)=C/C(N)c6ccc(-c7ccccc7)cc6)cc5)c4)ccc31)c1ccccc1N(c1ccccc1)c1ccccc12.Cc1ccccc1. The lowest BCUT2D eigenvalue weighted by Crippen LogP contribution is -2.36. The Morgan fingerprint density at radius 3 is 1.59 bits per heavy atom. The highest BCUT2D eigenvalue weighted by molar-refractivity contribution is 5.98. The van der Waals surface area contributed by atoms with Gasteiger partial charge in [-0.05, 0) is 148 Å². The Labute approximate surface area is 420 Å². The zero-order valence-electron chi connectivity index (χ0n) is 40.9. The van der Waals surface area contributed by atoms with E-state index in [2.05, 4.69) is 257 Å². The summed E-state index contributed by atoms with van der Waals surface area (Å²) in [6.07, 6.45) is 8.66. The number of nitrogens with zero attached hydrogens (tertiary/aromatic N) is 1. The third-order valence-electron chi connectivity index (χ3n) is 13.9. The van der Waals surface area contributed by atoms with Gasteiger partial charge in [-0.2, -0.15) is 0 Å². The third kappa shape index (κ3) is 9.12. The van der Waals surface area contributed by atoms with Crippen molar-refractivity contribution in [2.75, 3.05) is 4.90 Å². The zero-order valence-corrected chi connectivity index (χ0v) is 40.9. The molecular weight excluding hydrogens is 859 g/mol. The molecule has 1 heterocycles. The van der Waals surface area contributed by atoms with Crippen LogP contribution in [0.1, 0.15) is 65.8 Å². The van der Waals surface area contributed by atoms with Crippen molar-refractivity contribution in [3.05, 3.63) is 305 Å². The van der Waals surface area contributed by atoms with Gasteiger partial charge in [0.05, 0.1) is 22.8 Å². The Kier molecular flexibility index (Phi) is 13.2. The molecule has 2 aliphatic rings. The number of hydrogen-bond donors (Lipinski definition) is 2. The number of rotatable bonds is 9. The number of nitrogens with two attached hydrogens (primary N) is 2. The van der Waals surface area contributed by atoms with E-state index in [1.54, 1.807) is 0 Å². The molecule has 4 N–H and O–H groups in total. The van der Waals surface area contributed by atoms with Crippen LogP contribution >= 0.6 is 0 Å². The van der Waals surface area contributed by atoms with Gasteiger partial charge in [0, 0.05) is 11.4 Å². The highest BCUT2D eigenvalue weighted by Gasteiger charge is 2.51. The van der Waals surface area contributed by atoms with E-state index >= 15 is 0 Å². The first-order chi connectivity index (χ1) is 34.7. The summed E-state index contributed by atoms with van der Waals surface area (Å²) in [6, 6.07) is 81.9. The van der Waals surface area contributed by atoms with Crippen LogP contribution in [0.15, 0.2) is 266 Å². The highest BCUT2D eigenvalue weighted by atomic mass is 15.2. The standard InChI is InChI=1S/C61H51N3.C7H8/c1-41(2)16-14-23-52-42(3)61(54-24-10-12-26-59(54)64(51-21-8-5-9-22-51)60-27-13-11-25-55(60)61)56-39-50(36-37-53(52)56)49-20-15-19-48(38-49)45-30-34-47(35-31-45)58(63)40-57(62)46-32-28-44(29-33-46)43-17-6-4-7-18-43;1-7-5-3-2-4-6-7/h4-40,57H,62-63H2,1-3H3;2-6H,1H3/b23-14-,58-40-;. The van der Waals surface area contributed by atoms with Crippen molar-refractivity contribution in [2.24, 2.45) is 11.5 Å². The number of para-hydroxylation sites is 3. The van der Waals surface area contributed by atoms with Gasteiger partial charge >= 0.3 is 0 Å². The molecular formula is C68H59N3. The second-order valence-corrected chi connectivity index (χ2v) is 18.8. The van der Waals surface area contributed by atoms with Gasteiger partial charge in [-0.25, -0.2) is 0 Å². The van der Waals surface area contributed by atoms with Gasteiger partial charge < -0.3 is 16.4 Å². The van der Waals surface area contributed by atoms with E-state index in [0.29, 0.717) is 5.70 Å². The Morgan fingerprint density at radius 1 is 0.493 bits per heavy atom. The summed E-state index contributed by atoms with van der Waals surface area (Å²) in [6.45, 7) is 8.72. The van der Waals surface area contributed by atoms with Gasteiger partial charge in [-0.15, -0.1) is 0 Å². The molecule has 3 heteroatoms. The van der Waals surface area contributed by atoms with Gasteiger partial charge in [0.15, 0.2) is 0 Å². The van der Waals surface area contributed by atoms with Gasteiger partial charge in [0.1, 0.15) is 0 Å². The molecule has 0 bridgehead atoms. The molecule has 9 aromatic carbocycles. The second kappa shape index (κ2) is 20.2. The second-order valence-electron chi connectivity index (χ2n) is 18.8. The molecule has 1 aliphatic heterocycles. The topological polar surface area (TPSA) is 55.3 Å². The van der Waals surface area contributed by atoms with E-state index < -0.39 is 5.41 Å². The summed E-state index contributed by atoms with van der Waals surface area (Å²) in [5, 5.41) is 0. The molecule has 0 saturated heterocycles. The van der Waals surface area contributed by atoms with E-state index in [0.717, 1.165) is 39.1 Å². The van der Waals surface area contributed by atoms with Crippen LogP contribution in [0.2, 0.25) is 0 Å². The first-order valence-electron chi connectivity index (χ1n) is 24.5. The summed E-state index contributed by atoms with van der Waals surface area (Å²) in [7, 11) is 0. The minimum absolute atomic E-state index is 0.325. The molecule has 1 unspecified atom stereocenters. The smallest absolute Gasteiger partial charge is 0.0714 e. The maximum absolute atomic E-state index is 6.67. The van der Waals surface area contributed by atoms with Crippen LogP contribution in [0.3, 0.4) is 0 Å². The number of aryl methyl sites for hydroxylation is 1. The Bertz CT molecular complexity index is 3400. The summed E-state index contributed by atoms with van der Waals surface area (Å²) in [5.41, 5.74) is 36.2. The van der Waals surface area contributed by atoms with Crippen molar-refractivity contribution in [3.8, 4) is 33.4 Å². The highest BCUT2D eigenvalue weighted by Crippen LogP contribution is 2.63. The average molecular weight is 918 g/mol. The molecule has 9 aromatic rings. The fraction of sp³-hybridized carbons (Fsp3) is 0.0882. The molecule has 0 aromatic heterocycles. The normalized spacial score (nSPS) is 13.8. The largest absolute Gasteiger partial charge is 0.398 e. The minimum atomic E-state index is -0.510. The van der Waals surface area contributed by atoms with Crippen LogP contribution in [-0.4, -0.2) is 0 Å². The molecule has 11 rings (SSSR count). The van der Waals surface area contributed by atoms with Crippen LogP contribution in [0.25, 0.3) is 44.7 Å². The minimum Gasteiger partial charge on any atom is -0.398 e. The number of anilines is 3. The van der Waals surface area contributed by atoms with Gasteiger partial charge in [-0.1, -0.05) is 223 Å². The Hall–Kier alpha value is -8.50. The molecule has 1 aliphatic carbocycles. The predicted molar refractivity (Wildman–Crippen MR) is 302 cm³/mol. The summed E-state index contributed by atoms with van der Waals surface area (Å²) < 4.78 is 0. The quantitative estimate of drug-likeness (QED) is 0.142. The van der Waals surface area contributed by atoms with E-state index in [4.69, 9.17) is 11.5 Å². The Balaban J connectivity index is 0.000000766. The molecule has 3 nitrogen and oxygen atoms in total. The lowest BCUT2D eigenvalue weighted by atomic mass is 9.64. The molecule has 346 valence electrons. The van der Waals surface area contributed by atoms with Crippen molar-refractivity contribution >= 4 is 28.3 Å². The predicted octanol–water partition coefficient (Wildman–Crippen LogP) is 17.1. The van der Waals surface area contributed by atoms with Crippen molar-refractivity contribution in [1.82, 2.24) is 0 Å². The lowest BCUT2D eigenvalue weighted by Gasteiger charge is -2.45. The first-order valence-corrected chi connectivity index (χ1v) is 24.5. The monoisotopic (exact) mass is 917 g/mol. The summed E-state index contributed by atoms with van der Waals surface area (Å²) in [4.78, 5) is 2.43. The number of hydrogen-bond acceptors (Lipinski definition) is 3. The molecule has 0 radical (unpaired) electrons. The number of fused-ring (bicyclic) bond motifs is 6. The summed E-state index contributed by atoms with van der Waals surface area (Å²) in [5.74, 6) is 0. The van der Waals surface area contributed by atoms with Gasteiger partial charge in [0.2, 0.25) is 0 Å². The molecule has 1 spiro atoms. The van der Waals surface area contributed by atoms with Gasteiger partial charge in [0.25, 0.3) is 0 Å². The van der Waals surface area contributed by atoms with Crippen LogP contribution < -0.4 is 16.4 Å². The van der Waals surface area contributed by atoms with Gasteiger partial charge in [-0.3, -0.25) is 0 Å². The van der Waals surface area contributed by atoms with Crippen LogP contribution in [0.5, 0.6) is 0 Å². The molecule has 0 fully saturated rings. The average Bonchev–Trinajstić information content (AvgIpc) is 3.65. The van der Waals surface area contributed by atoms with Crippen molar-refractivity contribution in [3.63, 3.8) is 0 Å². The zero-order chi connectivity index (χ0) is 48.9. The maximum atomic E-state index is 6.67. The molecule has 71 heavy (non-hydrogen) atoms. The van der Waals surface area contributed by atoms with E-state index in [1.165, 1.54) is 67.0 Å². The fourth-order valence-corrected chi connectivity index (χ4v) is 10.4. The molecule has 0 saturated carbocycles. The molecule has 1 atom stereocenters. The van der Waals surface area contributed by atoms with Crippen molar-refractivity contribution < 1.29 is 0 Å². The summed E-state index contributed by atoms with van der Waals surface area (Å²) >= 11 is 0. The third-order valence-corrected chi connectivity index (χ3v) is 13.9. The van der Waals surface area contributed by atoms with Crippen LogP contribution in [0.4, 0.5) is 17.1 Å². The molecule has 0 amide bonds. The van der Waals surface area contributed by atoms with Crippen molar-refractivity contribution in [2.45, 2.75) is 39.2 Å². The fourth-order valence-electron chi connectivity index (χ4n) is 10.4. The van der Waals surface area contributed by atoms with Crippen molar-refractivity contribution in [1.29, 1.82) is 0 Å². The lowest BCUT2D eigenvalue weighted by molar-refractivity contribution is 0.730.